The van der Waals surface area contributed by atoms with E-state index in [9.17, 15) is 4.79 Å². The van der Waals surface area contributed by atoms with Gasteiger partial charge < -0.3 is 9.47 Å². The standard InChI is InChI=1S/C16H20O3/c1-15(2)18-11-16(19-15)9-8-13(17)10-14(16)12-6-4-3-5-7-12/h3-7,14H,8-11H2,1-2H3/t14-,16-/m0/s1. The molecule has 0 bridgehead atoms. The molecule has 19 heavy (non-hydrogen) atoms. The molecule has 2 atom stereocenters. The van der Waals surface area contributed by atoms with Gasteiger partial charge in [0.2, 0.25) is 0 Å². The lowest BCUT2D eigenvalue weighted by Crippen LogP contribution is -2.45. The van der Waals surface area contributed by atoms with Crippen molar-refractivity contribution < 1.29 is 14.3 Å². The van der Waals surface area contributed by atoms with Gasteiger partial charge in [0.15, 0.2) is 5.79 Å². The molecule has 1 heterocycles. The van der Waals surface area contributed by atoms with Gasteiger partial charge in [0.05, 0.1) is 6.61 Å². The Bertz CT molecular complexity index is 480. The smallest absolute Gasteiger partial charge is 0.163 e. The summed E-state index contributed by atoms with van der Waals surface area (Å²) in [5.41, 5.74) is 0.843. The zero-order chi connectivity index (χ0) is 13.5. The van der Waals surface area contributed by atoms with Crippen LogP contribution in [0.2, 0.25) is 0 Å². The third kappa shape index (κ3) is 2.33. The molecule has 0 N–H and O–H groups in total. The summed E-state index contributed by atoms with van der Waals surface area (Å²) in [5.74, 6) is -0.113. The number of hydrogen-bond donors (Lipinski definition) is 0. The highest BCUT2D eigenvalue weighted by Gasteiger charge is 2.53. The Morgan fingerprint density at radius 1 is 1.21 bits per heavy atom. The zero-order valence-electron chi connectivity index (χ0n) is 11.5. The minimum atomic E-state index is -0.548. The van der Waals surface area contributed by atoms with Crippen molar-refractivity contribution in [3.63, 3.8) is 0 Å². The van der Waals surface area contributed by atoms with Crippen molar-refractivity contribution in [2.75, 3.05) is 6.61 Å². The molecule has 1 saturated heterocycles. The third-order valence-corrected chi connectivity index (χ3v) is 4.21. The van der Waals surface area contributed by atoms with Crippen molar-refractivity contribution >= 4 is 5.78 Å². The highest BCUT2D eigenvalue weighted by atomic mass is 16.8. The number of hydrogen-bond acceptors (Lipinski definition) is 3. The van der Waals surface area contributed by atoms with E-state index in [0.29, 0.717) is 25.2 Å². The molecule has 0 amide bonds. The fraction of sp³-hybridized carbons (Fsp3) is 0.562. The second-order valence-electron chi connectivity index (χ2n) is 6.06. The van der Waals surface area contributed by atoms with Crippen molar-refractivity contribution in [1.82, 2.24) is 0 Å². The van der Waals surface area contributed by atoms with Crippen LogP contribution in [0.4, 0.5) is 0 Å². The van der Waals surface area contributed by atoms with E-state index in [1.54, 1.807) is 0 Å². The van der Waals surface area contributed by atoms with Gasteiger partial charge in [-0.1, -0.05) is 30.3 Å². The van der Waals surface area contributed by atoms with Crippen LogP contribution in [-0.2, 0) is 14.3 Å². The Morgan fingerprint density at radius 2 is 1.95 bits per heavy atom. The van der Waals surface area contributed by atoms with Crippen LogP contribution in [0, 0.1) is 0 Å². The average Bonchev–Trinajstić information content (AvgIpc) is 2.70. The number of carbonyl (C=O) groups excluding carboxylic acids is 1. The molecule has 0 radical (unpaired) electrons. The van der Waals surface area contributed by atoms with Crippen LogP contribution in [0.3, 0.4) is 0 Å². The molecule has 102 valence electrons. The fourth-order valence-electron chi connectivity index (χ4n) is 3.29. The Kier molecular flexibility index (Phi) is 2.99. The van der Waals surface area contributed by atoms with E-state index < -0.39 is 5.79 Å². The molecule has 3 rings (SSSR count). The molecule has 2 fully saturated rings. The maximum atomic E-state index is 11.9. The number of ketones is 1. The summed E-state index contributed by atoms with van der Waals surface area (Å²) in [6.45, 7) is 4.47. The predicted octanol–water partition coefficient (Wildman–Crippen LogP) is 3.04. The molecule has 3 heteroatoms. The minimum absolute atomic E-state index is 0.108. The molecule has 1 aliphatic heterocycles. The second kappa shape index (κ2) is 4.43. The van der Waals surface area contributed by atoms with Gasteiger partial charge in [-0.3, -0.25) is 4.79 Å². The Hall–Kier alpha value is -1.19. The summed E-state index contributed by atoms with van der Waals surface area (Å²) in [7, 11) is 0. The molecular weight excluding hydrogens is 240 g/mol. The lowest BCUT2D eigenvalue weighted by molar-refractivity contribution is -0.173. The number of benzene rings is 1. The van der Waals surface area contributed by atoms with Crippen LogP contribution < -0.4 is 0 Å². The van der Waals surface area contributed by atoms with E-state index in [-0.39, 0.29) is 11.5 Å². The van der Waals surface area contributed by atoms with Gasteiger partial charge in [0.1, 0.15) is 11.4 Å². The maximum absolute atomic E-state index is 11.9. The van der Waals surface area contributed by atoms with Crippen LogP contribution in [0.5, 0.6) is 0 Å². The summed E-state index contributed by atoms with van der Waals surface area (Å²) in [6, 6.07) is 10.2. The van der Waals surface area contributed by atoms with E-state index in [1.807, 2.05) is 32.0 Å². The van der Waals surface area contributed by atoms with Gasteiger partial charge in [-0.15, -0.1) is 0 Å². The molecule has 1 aromatic rings. The molecular formula is C16H20O3. The summed E-state index contributed by atoms with van der Waals surface area (Å²) in [4.78, 5) is 11.9. The first-order chi connectivity index (χ1) is 9.01. The van der Waals surface area contributed by atoms with Crippen molar-refractivity contribution in [2.45, 2.75) is 50.4 Å². The minimum Gasteiger partial charge on any atom is -0.347 e. The van der Waals surface area contributed by atoms with Crippen molar-refractivity contribution in [1.29, 1.82) is 0 Å². The summed E-state index contributed by atoms with van der Waals surface area (Å²) < 4.78 is 12.0. The summed E-state index contributed by atoms with van der Waals surface area (Å²) in [6.07, 6.45) is 1.92. The number of rotatable bonds is 1. The summed E-state index contributed by atoms with van der Waals surface area (Å²) in [5, 5.41) is 0. The predicted molar refractivity (Wildman–Crippen MR) is 71.9 cm³/mol. The van der Waals surface area contributed by atoms with Crippen LogP contribution >= 0.6 is 0 Å². The van der Waals surface area contributed by atoms with Gasteiger partial charge in [0, 0.05) is 18.8 Å². The van der Waals surface area contributed by atoms with E-state index in [4.69, 9.17) is 9.47 Å². The molecule has 2 aliphatic rings. The lowest BCUT2D eigenvalue weighted by atomic mass is 9.72. The largest absolute Gasteiger partial charge is 0.347 e. The summed E-state index contributed by atoms with van der Waals surface area (Å²) >= 11 is 0. The average molecular weight is 260 g/mol. The number of carbonyl (C=O) groups is 1. The van der Waals surface area contributed by atoms with Crippen LogP contribution in [0.1, 0.15) is 44.6 Å². The normalized spacial score (nSPS) is 33.8. The second-order valence-corrected chi connectivity index (χ2v) is 6.06. The SMILES string of the molecule is CC1(C)OC[C@]2(CCC(=O)C[C@H]2c2ccccc2)O1. The highest BCUT2D eigenvalue weighted by molar-refractivity contribution is 5.80. The molecule has 1 aromatic carbocycles. The Labute approximate surface area is 113 Å². The van der Waals surface area contributed by atoms with Crippen LogP contribution in [0.15, 0.2) is 30.3 Å². The van der Waals surface area contributed by atoms with Gasteiger partial charge in [-0.2, -0.15) is 0 Å². The molecule has 0 unspecified atom stereocenters. The molecule has 1 spiro atoms. The van der Waals surface area contributed by atoms with E-state index in [2.05, 4.69) is 12.1 Å². The molecule has 0 aromatic heterocycles. The van der Waals surface area contributed by atoms with Crippen molar-refractivity contribution in [2.24, 2.45) is 0 Å². The zero-order valence-corrected chi connectivity index (χ0v) is 11.5. The third-order valence-electron chi connectivity index (χ3n) is 4.21. The molecule has 1 saturated carbocycles. The maximum Gasteiger partial charge on any atom is 0.163 e. The topological polar surface area (TPSA) is 35.5 Å². The monoisotopic (exact) mass is 260 g/mol. The van der Waals surface area contributed by atoms with E-state index >= 15 is 0 Å². The van der Waals surface area contributed by atoms with Crippen molar-refractivity contribution in [3.05, 3.63) is 35.9 Å². The fourth-order valence-corrected chi connectivity index (χ4v) is 3.29. The van der Waals surface area contributed by atoms with Crippen LogP contribution in [-0.4, -0.2) is 23.8 Å². The number of ether oxygens (including phenoxy) is 2. The van der Waals surface area contributed by atoms with Gasteiger partial charge in [0.25, 0.3) is 0 Å². The molecule has 1 aliphatic carbocycles. The quantitative estimate of drug-likeness (QED) is 0.778. The first-order valence-electron chi connectivity index (χ1n) is 6.92. The van der Waals surface area contributed by atoms with E-state index in [1.165, 1.54) is 5.56 Å². The lowest BCUT2D eigenvalue weighted by Gasteiger charge is -2.40. The first kappa shape index (κ1) is 12.8. The Balaban J connectivity index is 1.96. The van der Waals surface area contributed by atoms with Crippen LogP contribution in [0.25, 0.3) is 0 Å². The van der Waals surface area contributed by atoms with Gasteiger partial charge in [-0.25, -0.2) is 0 Å². The first-order valence-corrected chi connectivity index (χ1v) is 6.92. The van der Waals surface area contributed by atoms with Gasteiger partial charge in [-0.05, 0) is 25.8 Å². The molecule has 3 nitrogen and oxygen atoms in total. The highest BCUT2D eigenvalue weighted by Crippen LogP contribution is 2.48. The Morgan fingerprint density at radius 3 is 2.58 bits per heavy atom. The van der Waals surface area contributed by atoms with Gasteiger partial charge >= 0.3 is 0 Å². The van der Waals surface area contributed by atoms with E-state index in [0.717, 1.165) is 6.42 Å². The number of Topliss-reactive ketones (excluding diaryl/α,β-unsaturated/α-hetero) is 1. The van der Waals surface area contributed by atoms with Crippen molar-refractivity contribution in [3.8, 4) is 0 Å².